The van der Waals surface area contributed by atoms with E-state index >= 15 is 0 Å². The van der Waals surface area contributed by atoms with Crippen LogP contribution in [-0.4, -0.2) is 32.8 Å². The van der Waals surface area contributed by atoms with Crippen LogP contribution in [0, 0.1) is 0 Å². The van der Waals surface area contributed by atoms with E-state index in [0.29, 0.717) is 57.4 Å². The topological polar surface area (TPSA) is 103 Å². The zero-order valence-corrected chi connectivity index (χ0v) is 23.7. The summed E-state index contributed by atoms with van der Waals surface area (Å²) in [6.07, 6.45) is 3.24. The van der Waals surface area contributed by atoms with Gasteiger partial charge in [-0.2, -0.15) is 4.98 Å². The van der Waals surface area contributed by atoms with E-state index in [1.165, 1.54) is 0 Å². The number of fused-ring (bicyclic) bond motifs is 1. The number of carbonyl (C=O) groups is 1. The minimum absolute atomic E-state index is 0.304. The Morgan fingerprint density at radius 1 is 1.02 bits per heavy atom. The van der Waals surface area contributed by atoms with E-state index in [0.717, 1.165) is 11.1 Å². The first-order chi connectivity index (χ1) is 20.5. The second-order valence-electron chi connectivity index (χ2n) is 9.63. The average molecular weight is 579 g/mol. The summed E-state index contributed by atoms with van der Waals surface area (Å²) in [5, 5.41) is 11.6. The lowest BCUT2D eigenvalue weighted by Gasteiger charge is -2.29. The van der Waals surface area contributed by atoms with Crippen LogP contribution < -0.4 is 20.1 Å². The van der Waals surface area contributed by atoms with Crippen molar-refractivity contribution in [1.82, 2.24) is 19.7 Å². The number of amides is 1. The van der Waals surface area contributed by atoms with Gasteiger partial charge in [0.05, 0.1) is 29.6 Å². The number of anilines is 2. The second-order valence-corrected chi connectivity index (χ2v) is 10.0. The molecule has 0 radical (unpaired) electrons. The number of carbonyl (C=O) groups excluding carboxylic acids is 1. The van der Waals surface area contributed by atoms with Gasteiger partial charge in [0.25, 0.3) is 5.91 Å². The molecule has 1 unspecified atom stereocenters. The Balaban J connectivity index is 1.41. The van der Waals surface area contributed by atoms with Crippen molar-refractivity contribution in [3.63, 3.8) is 0 Å². The van der Waals surface area contributed by atoms with Crippen molar-refractivity contribution in [3.05, 3.63) is 125 Å². The summed E-state index contributed by atoms with van der Waals surface area (Å²) in [6.45, 7) is 2.23. The minimum Gasteiger partial charge on any atom is -0.493 e. The molecule has 1 aliphatic rings. The number of aromatic nitrogens is 4. The Kier molecular flexibility index (Phi) is 7.57. The third-order valence-electron chi connectivity index (χ3n) is 6.87. The Morgan fingerprint density at radius 3 is 2.60 bits per heavy atom. The van der Waals surface area contributed by atoms with Crippen LogP contribution in [0.5, 0.6) is 11.5 Å². The van der Waals surface area contributed by atoms with Gasteiger partial charge >= 0.3 is 0 Å². The highest BCUT2D eigenvalue weighted by atomic mass is 35.5. The molecule has 42 heavy (non-hydrogen) atoms. The largest absolute Gasteiger partial charge is 0.493 e. The molecule has 0 bridgehead atoms. The van der Waals surface area contributed by atoms with Crippen molar-refractivity contribution in [2.24, 2.45) is 0 Å². The lowest BCUT2D eigenvalue weighted by atomic mass is 9.94. The van der Waals surface area contributed by atoms with Gasteiger partial charge in [-0.3, -0.25) is 9.78 Å². The molecule has 2 aromatic heterocycles. The molecule has 1 atom stereocenters. The molecule has 0 saturated carbocycles. The monoisotopic (exact) mass is 578 g/mol. The van der Waals surface area contributed by atoms with Crippen LogP contribution in [0.4, 0.5) is 11.6 Å². The summed E-state index contributed by atoms with van der Waals surface area (Å²) in [4.78, 5) is 22.7. The molecule has 3 heterocycles. The quantitative estimate of drug-likeness (QED) is 0.216. The van der Waals surface area contributed by atoms with Crippen LogP contribution in [0.25, 0.3) is 11.4 Å². The van der Waals surface area contributed by atoms with Gasteiger partial charge in [-0.1, -0.05) is 60.1 Å². The van der Waals surface area contributed by atoms with E-state index in [1.807, 2.05) is 73.7 Å². The van der Waals surface area contributed by atoms with Gasteiger partial charge in [-0.05, 0) is 54.4 Å². The van der Waals surface area contributed by atoms with E-state index in [2.05, 4.69) is 15.6 Å². The fourth-order valence-corrected chi connectivity index (χ4v) is 5.07. The third-order valence-corrected chi connectivity index (χ3v) is 7.20. The van der Waals surface area contributed by atoms with E-state index < -0.39 is 6.04 Å². The Labute approximate surface area is 247 Å². The van der Waals surface area contributed by atoms with E-state index in [1.54, 1.807) is 42.4 Å². The minimum atomic E-state index is -0.640. The fourth-order valence-electron chi connectivity index (χ4n) is 4.85. The Hall–Kier alpha value is -5.15. The molecule has 210 valence electrons. The van der Waals surface area contributed by atoms with Crippen molar-refractivity contribution in [2.75, 3.05) is 17.7 Å². The third kappa shape index (κ3) is 5.42. The van der Waals surface area contributed by atoms with Crippen molar-refractivity contribution >= 4 is 29.1 Å². The predicted molar refractivity (Wildman–Crippen MR) is 162 cm³/mol. The zero-order chi connectivity index (χ0) is 29.1. The van der Waals surface area contributed by atoms with Crippen molar-refractivity contribution in [1.29, 1.82) is 0 Å². The molecule has 0 fully saturated rings. The summed E-state index contributed by atoms with van der Waals surface area (Å²) in [5.41, 5.74) is 4.15. The highest BCUT2D eigenvalue weighted by Crippen LogP contribution is 2.40. The normalized spacial score (nSPS) is 14.1. The van der Waals surface area contributed by atoms with Gasteiger partial charge < -0.3 is 20.1 Å². The van der Waals surface area contributed by atoms with Crippen molar-refractivity contribution in [2.45, 2.75) is 19.6 Å². The van der Waals surface area contributed by atoms with Crippen LogP contribution in [-0.2, 0) is 11.4 Å². The van der Waals surface area contributed by atoms with Gasteiger partial charge in [0.1, 0.15) is 12.6 Å². The lowest BCUT2D eigenvalue weighted by molar-refractivity contribution is -0.113. The van der Waals surface area contributed by atoms with Crippen LogP contribution >= 0.6 is 11.6 Å². The summed E-state index contributed by atoms with van der Waals surface area (Å²) in [5.74, 6) is 1.72. The highest BCUT2D eigenvalue weighted by molar-refractivity contribution is 6.33. The first-order valence-electron chi connectivity index (χ1n) is 13.3. The van der Waals surface area contributed by atoms with Crippen molar-refractivity contribution < 1.29 is 14.3 Å². The van der Waals surface area contributed by atoms with E-state index in [4.69, 9.17) is 31.2 Å². The number of nitrogens with one attached hydrogen (secondary N) is 2. The summed E-state index contributed by atoms with van der Waals surface area (Å²) < 4.78 is 13.5. The van der Waals surface area contributed by atoms with Crippen LogP contribution in [0.1, 0.15) is 24.1 Å². The molecular formula is C32H27ClN6O3. The molecule has 0 aliphatic carbocycles. The number of benzene rings is 3. The maximum absolute atomic E-state index is 13.8. The highest BCUT2D eigenvalue weighted by Gasteiger charge is 2.35. The van der Waals surface area contributed by atoms with Gasteiger partial charge in [0.15, 0.2) is 17.3 Å². The standard InChI is InChI=1S/C32H27ClN6O3/c1-20-28(31(40)36-23-11-8-16-34-18-23)29(39-32(35-20)37-30(38-39)24-12-6-7-13-25(24)33)22-14-15-26(27(17-22)41-2)42-19-21-9-4-3-5-10-21/h3-18,29H,19H2,1-2H3,(H,36,40)(H,35,37,38). The molecule has 1 amide bonds. The second kappa shape index (κ2) is 11.8. The smallest absolute Gasteiger partial charge is 0.255 e. The van der Waals surface area contributed by atoms with Gasteiger partial charge in [-0.25, -0.2) is 4.68 Å². The molecule has 3 aromatic carbocycles. The number of allylic oxidation sites excluding steroid dienone is 1. The molecule has 0 spiro atoms. The number of ether oxygens (including phenoxy) is 2. The number of hydrogen-bond acceptors (Lipinski definition) is 7. The number of rotatable bonds is 8. The van der Waals surface area contributed by atoms with Gasteiger partial charge in [0.2, 0.25) is 5.95 Å². The molecule has 6 rings (SSSR count). The Morgan fingerprint density at radius 2 is 1.83 bits per heavy atom. The number of halogens is 1. The maximum Gasteiger partial charge on any atom is 0.255 e. The summed E-state index contributed by atoms with van der Waals surface area (Å²) >= 11 is 6.48. The van der Waals surface area contributed by atoms with E-state index in [-0.39, 0.29) is 5.91 Å². The van der Waals surface area contributed by atoms with Crippen LogP contribution in [0.15, 0.2) is 109 Å². The molecular weight excluding hydrogens is 552 g/mol. The first kappa shape index (κ1) is 27.0. The van der Waals surface area contributed by atoms with Gasteiger partial charge in [-0.15, -0.1) is 5.10 Å². The Bertz CT molecular complexity index is 1770. The summed E-state index contributed by atoms with van der Waals surface area (Å²) in [7, 11) is 1.59. The number of methoxy groups -OCH3 is 1. The maximum atomic E-state index is 13.8. The molecule has 0 saturated heterocycles. The van der Waals surface area contributed by atoms with Gasteiger partial charge in [0, 0.05) is 17.5 Å². The zero-order valence-electron chi connectivity index (χ0n) is 22.9. The van der Waals surface area contributed by atoms with E-state index in [9.17, 15) is 4.79 Å². The summed E-state index contributed by atoms with van der Waals surface area (Å²) in [6, 6.07) is 25.8. The van der Waals surface area contributed by atoms with Crippen LogP contribution in [0.2, 0.25) is 5.02 Å². The molecule has 9 nitrogen and oxygen atoms in total. The molecule has 2 N–H and O–H groups in total. The molecule has 5 aromatic rings. The average Bonchev–Trinajstić information content (AvgIpc) is 3.43. The van der Waals surface area contributed by atoms with Crippen LogP contribution in [0.3, 0.4) is 0 Å². The fraction of sp³-hybridized carbons (Fsp3) is 0.125. The first-order valence-corrected chi connectivity index (χ1v) is 13.6. The number of nitrogens with zero attached hydrogens (tertiary/aromatic N) is 4. The molecule has 10 heteroatoms. The SMILES string of the molecule is COc1cc(C2C(C(=O)Nc3cccnc3)=C(C)Nc3nc(-c4ccccc4Cl)nn32)ccc1OCc1ccccc1. The number of hydrogen-bond donors (Lipinski definition) is 2. The predicted octanol–water partition coefficient (Wildman–Crippen LogP) is 6.51. The molecule has 1 aliphatic heterocycles. The number of pyridine rings is 1. The lowest BCUT2D eigenvalue weighted by Crippen LogP contribution is -2.31. The van der Waals surface area contributed by atoms with Crippen molar-refractivity contribution in [3.8, 4) is 22.9 Å².